The lowest BCUT2D eigenvalue weighted by molar-refractivity contribution is -0.870. The zero-order valence-electron chi connectivity index (χ0n) is 28.7. The lowest BCUT2D eigenvalue weighted by Crippen LogP contribution is -2.45. The summed E-state index contributed by atoms with van der Waals surface area (Å²) in [5.74, 6) is -0.213. The van der Waals surface area contributed by atoms with E-state index in [0.29, 0.717) is 17.4 Å². The highest BCUT2D eigenvalue weighted by molar-refractivity contribution is 7.47. The van der Waals surface area contributed by atoms with Gasteiger partial charge in [-0.3, -0.25) is 13.8 Å². The summed E-state index contributed by atoms with van der Waals surface area (Å²) < 4.78 is 23.1. The third kappa shape index (κ3) is 29.7. The zero-order chi connectivity index (χ0) is 32.2. The van der Waals surface area contributed by atoms with Crippen LogP contribution >= 0.6 is 7.82 Å². The van der Waals surface area contributed by atoms with Crippen molar-refractivity contribution >= 4 is 13.7 Å². The molecular weight excluding hydrogens is 563 g/mol. The second kappa shape index (κ2) is 27.5. The molecule has 0 aromatic heterocycles. The van der Waals surface area contributed by atoms with Crippen LogP contribution in [0.3, 0.4) is 0 Å². The van der Waals surface area contributed by atoms with E-state index in [-0.39, 0.29) is 19.1 Å². The molecule has 43 heavy (non-hydrogen) atoms. The first-order valence-electron chi connectivity index (χ1n) is 17.6. The number of aliphatic hydroxyl groups is 1. The number of hydrogen-bond acceptors (Lipinski definition) is 5. The first-order valence-corrected chi connectivity index (χ1v) is 19.1. The molecule has 3 atom stereocenters. The van der Waals surface area contributed by atoms with Gasteiger partial charge in [0.15, 0.2) is 0 Å². The maximum absolute atomic E-state index is 12.3. The highest BCUT2D eigenvalue weighted by Crippen LogP contribution is 2.43. The van der Waals surface area contributed by atoms with Crippen molar-refractivity contribution in [2.75, 3.05) is 40.9 Å². The molecule has 0 heterocycles. The van der Waals surface area contributed by atoms with Crippen LogP contribution in [-0.4, -0.2) is 73.4 Å². The third-order valence-corrected chi connectivity index (χ3v) is 8.74. The van der Waals surface area contributed by atoms with Gasteiger partial charge < -0.3 is 19.8 Å². The van der Waals surface area contributed by atoms with E-state index in [1.807, 2.05) is 34.1 Å². The summed E-state index contributed by atoms with van der Waals surface area (Å²) in [5.41, 5.74) is 0. The molecule has 0 aromatic carbocycles. The van der Waals surface area contributed by atoms with Gasteiger partial charge >= 0.3 is 7.82 Å². The number of likely N-dealkylation sites (N-methyl/N-ethyl adjacent to an activating group) is 1. The summed E-state index contributed by atoms with van der Waals surface area (Å²) in [5, 5.41) is 13.5. The van der Waals surface area contributed by atoms with Gasteiger partial charge in [0.05, 0.1) is 39.9 Å². The predicted octanol–water partition coefficient (Wildman–Crippen LogP) is 8.46. The molecule has 0 radical (unpaired) electrons. The molecule has 256 valence electrons. The standard InChI is InChI=1S/C34H69N2O6P/c1-6-8-10-11-12-13-14-15-16-17-18-19-20-21-22-23-24-25-26-27-33(37)32(35-34(38)28-9-7-2)31-42-43(39,40)41-30-29-36(3,4)5/h26-27,32-33,37H,6-25,28-31H2,1-5H3,(H-,35,38,39,40)/p+1/b27-26+. The number of aliphatic hydroxyl groups excluding tert-OH is 1. The number of hydrogen-bond donors (Lipinski definition) is 3. The first kappa shape index (κ1) is 42.2. The van der Waals surface area contributed by atoms with Crippen LogP contribution in [-0.2, 0) is 18.4 Å². The largest absolute Gasteiger partial charge is 0.472 e. The molecule has 0 bridgehead atoms. The van der Waals surface area contributed by atoms with Gasteiger partial charge in [0.1, 0.15) is 13.2 Å². The van der Waals surface area contributed by atoms with Crippen LogP contribution < -0.4 is 5.32 Å². The molecule has 0 aliphatic carbocycles. The van der Waals surface area contributed by atoms with Gasteiger partial charge in [-0.1, -0.05) is 135 Å². The minimum atomic E-state index is -4.30. The van der Waals surface area contributed by atoms with E-state index in [9.17, 15) is 19.4 Å². The smallest absolute Gasteiger partial charge is 0.387 e. The van der Waals surface area contributed by atoms with E-state index in [0.717, 1.165) is 32.1 Å². The summed E-state index contributed by atoms with van der Waals surface area (Å²) in [6.45, 7) is 4.56. The second-order valence-electron chi connectivity index (χ2n) is 13.3. The number of nitrogens with zero attached hydrogens (tertiary/aromatic N) is 1. The minimum Gasteiger partial charge on any atom is -0.387 e. The Morgan fingerprint density at radius 1 is 0.767 bits per heavy atom. The maximum atomic E-state index is 12.3. The van der Waals surface area contributed by atoms with E-state index in [1.165, 1.54) is 96.3 Å². The van der Waals surface area contributed by atoms with E-state index in [1.54, 1.807) is 6.08 Å². The van der Waals surface area contributed by atoms with Crippen molar-refractivity contribution in [3.63, 3.8) is 0 Å². The van der Waals surface area contributed by atoms with Gasteiger partial charge in [-0.05, 0) is 19.3 Å². The fourth-order valence-electron chi connectivity index (χ4n) is 4.84. The highest BCUT2D eigenvalue weighted by atomic mass is 31.2. The maximum Gasteiger partial charge on any atom is 0.472 e. The Balaban J connectivity index is 4.14. The van der Waals surface area contributed by atoms with Crippen LogP contribution in [0.4, 0.5) is 0 Å². The molecule has 0 fully saturated rings. The monoisotopic (exact) mass is 633 g/mol. The van der Waals surface area contributed by atoms with E-state index in [4.69, 9.17) is 9.05 Å². The Hall–Kier alpha value is -0.760. The number of phosphoric ester groups is 1. The molecule has 3 N–H and O–H groups in total. The van der Waals surface area contributed by atoms with Crippen molar-refractivity contribution in [2.45, 2.75) is 161 Å². The van der Waals surface area contributed by atoms with Gasteiger partial charge in [-0.25, -0.2) is 4.57 Å². The summed E-state index contributed by atoms with van der Waals surface area (Å²) >= 11 is 0. The van der Waals surface area contributed by atoms with E-state index < -0.39 is 20.0 Å². The molecule has 9 heteroatoms. The lowest BCUT2D eigenvalue weighted by atomic mass is 10.0. The van der Waals surface area contributed by atoms with Gasteiger partial charge in [-0.2, -0.15) is 0 Å². The quantitative estimate of drug-likeness (QED) is 0.0306. The van der Waals surface area contributed by atoms with Crippen LogP contribution in [0.5, 0.6) is 0 Å². The molecule has 3 unspecified atom stereocenters. The van der Waals surface area contributed by atoms with Crippen molar-refractivity contribution < 1.29 is 32.9 Å². The molecule has 0 aromatic rings. The topological polar surface area (TPSA) is 105 Å². The van der Waals surface area contributed by atoms with Gasteiger partial charge in [0.25, 0.3) is 0 Å². The highest BCUT2D eigenvalue weighted by Gasteiger charge is 2.27. The van der Waals surface area contributed by atoms with Crippen molar-refractivity contribution in [3.05, 3.63) is 12.2 Å². The Bertz CT molecular complexity index is 728. The van der Waals surface area contributed by atoms with E-state index in [2.05, 4.69) is 12.2 Å². The third-order valence-electron chi connectivity index (χ3n) is 7.76. The summed E-state index contributed by atoms with van der Waals surface area (Å²) in [7, 11) is 1.57. The fraction of sp³-hybridized carbons (Fsp3) is 0.912. The van der Waals surface area contributed by atoms with Crippen LogP contribution in [0.1, 0.15) is 149 Å². The molecule has 0 aliphatic heterocycles. The van der Waals surface area contributed by atoms with Crippen LogP contribution in [0.15, 0.2) is 12.2 Å². The summed E-state index contributed by atoms with van der Waals surface area (Å²) in [6.07, 6.45) is 28.1. The number of carbonyl (C=O) groups excluding carboxylic acids is 1. The number of allylic oxidation sites excluding steroid dienone is 1. The van der Waals surface area contributed by atoms with Gasteiger partial charge in [0.2, 0.25) is 5.91 Å². The Labute approximate surface area is 265 Å². The first-order chi connectivity index (χ1) is 20.5. The number of amides is 1. The van der Waals surface area contributed by atoms with E-state index >= 15 is 0 Å². The SMILES string of the molecule is CCCCCCCCCCCCCCCCCCC/C=C/C(O)C(COP(=O)(O)OCC[N+](C)(C)C)NC(=O)CCCC. The minimum absolute atomic E-state index is 0.0621. The lowest BCUT2D eigenvalue weighted by Gasteiger charge is -2.25. The number of carbonyl (C=O) groups is 1. The Morgan fingerprint density at radius 3 is 1.70 bits per heavy atom. The number of unbranched alkanes of at least 4 members (excludes halogenated alkanes) is 18. The van der Waals surface area contributed by atoms with Crippen molar-refractivity contribution in [3.8, 4) is 0 Å². The molecule has 1 amide bonds. The van der Waals surface area contributed by atoms with Gasteiger partial charge in [0, 0.05) is 6.42 Å². The molecule has 8 nitrogen and oxygen atoms in total. The average molecular weight is 634 g/mol. The summed E-state index contributed by atoms with van der Waals surface area (Å²) in [6, 6.07) is -0.835. The van der Waals surface area contributed by atoms with Crippen LogP contribution in [0, 0.1) is 0 Å². The molecule has 0 saturated carbocycles. The van der Waals surface area contributed by atoms with Gasteiger partial charge in [-0.15, -0.1) is 0 Å². The molecule has 0 spiro atoms. The van der Waals surface area contributed by atoms with Crippen LogP contribution in [0.2, 0.25) is 0 Å². The fourth-order valence-corrected chi connectivity index (χ4v) is 5.58. The normalized spacial score (nSPS) is 15.0. The van der Waals surface area contributed by atoms with Crippen molar-refractivity contribution in [1.82, 2.24) is 5.32 Å². The second-order valence-corrected chi connectivity index (χ2v) is 14.7. The Morgan fingerprint density at radius 2 is 1.23 bits per heavy atom. The molecule has 0 rings (SSSR count). The molecule has 0 aliphatic rings. The molecule has 0 saturated heterocycles. The molecular formula is C34H70N2O6P+. The van der Waals surface area contributed by atoms with Crippen molar-refractivity contribution in [1.29, 1.82) is 0 Å². The van der Waals surface area contributed by atoms with Crippen molar-refractivity contribution in [2.24, 2.45) is 0 Å². The summed E-state index contributed by atoms with van der Waals surface area (Å²) in [4.78, 5) is 22.4. The zero-order valence-corrected chi connectivity index (χ0v) is 29.6. The van der Waals surface area contributed by atoms with Crippen LogP contribution in [0.25, 0.3) is 0 Å². The average Bonchev–Trinajstić information content (AvgIpc) is 2.94. The Kier molecular flexibility index (Phi) is 27.1. The number of nitrogens with one attached hydrogen (secondary N) is 1. The number of rotatable bonds is 31. The predicted molar refractivity (Wildman–Crippen MR) is 180 cm³/mol. The number of phosphoric acid groups is 1. The number of quaternary nitrogens is 1.